The summed E-state index contributed by atoms with van der Waals surface area (Å²) < 4.78 is 11.0. The molecular weight excluding hydrogens is 180 g/mol. The highest BCUT2D eigenvalue weighted by Crippen LogP contribution is 2.15. The summed E-state index contributed by atoms with van der Waals surface area (Å²) in [5.74, 6) is 0.427. The second-order valence-electron chi connectivity index (χ2n) is 3.96. The first-order valence-electron chi connectivity index (χ1n) is 5.49. The highest BCUT2D eigenvalue weighted by atomic mass is 16.7. The van der Waals surface area contributed by atoms with E-state index in [2.05, 4.69) is 6.92 Å². The number of rotatable bonds is 6. The Morgan fingerprint density at radius 2 is 2.43 bits per heavy atom. The van der Waals surface area contributed by atoms with Gasteiger partial charge in [-0.05, 0) is 31.6 Å². The lowest BCUT2D eigenvalue weighted by molar-refractivity contribution is -0.163. The smallest absolute Gasteiger partial charge is 0.157 e. The topological polar surface area (TPSA) is 35.5 Å². The van der Waals surface area contributed by atoms with Crippen LogP contribution in [0, 0.1) is 5.92 Å². The third-order valence-electron chi connectivity index (χ3n) is 2.55. The van der Waals surface area contributed by atoms with Gasteiger partial charge in [0.05, 0.1) is 0 Å². The number of carbonyl (C=O) groups excluding carboxylic acids is 1. The van der Waals surface area contributed by atoms with E-state index in [1.807, 2.05) is 0 Å². The minimum absolute atomic E-state index is 0.00665. The molecule has 1 unspecified atom stereocenters. The molecule has 3 heteroatoms. The fourth-order valence-electron chi connectivity index (χ4n) is 1.53. The molecule has 0 radical (unpaired) electrons. The third-order valence-corrected chi connectivity index (χ3v) is 2.55. The van der Waals surface area contributed by atoms with Crippen molar-refractivity contribution in [1.82, 2.24) is 0 Å². The van der Waals surface area contributed by atoms with Gasteiger partial charge in [0.15, 0.2) is 6.29 Å². The van der Waals surface area contributed by atoms with Gasteiger partial charge in [-0.3, -0.25) is 0 Å². The van der Waals surface area contributed by atoms with Crippen molar-refractivity contribution in [2.45, 2.75) is 45.3 Å². The van der Waals surface area contributed by atoms with Crippen molar-refractivity contribution in [1.29, 1.82) is 0 Å². The predicted molar refractivity (Wildman–Crippen MR) is 54.0 cm³/mol. The minimum atomic E-state index is 0.00665. The van der Waals surface area contributed by atoms with Crippen LogP contribution in [-0.4, -0.2) is 25.8 Å². The summed E-state index contributed by atoms with van der Waals surface area (Å²) in [6, 6.07) is 0. The van der Waals surface area contributed by atoms with E-state index in [4.69, 9.17) is 9.47 Å². The normalized spacial score (nSPS) is 24.5. The van der Waals surface area contributed by atoms with Gasteiger partial charge in [0.25, 0.3) is 0 Å². The van der Waals surface area contributed by atoms with E-state index in [-0.39, 0.29) is 6.29 Å². The molecule has 1 aliphatic rings. The third kappa shape index (κ3) is 4.72. The zero-order valence-corrected chi connectivity index (χ0v) is 8.91. The Morgan fingerprint density at radius 3 is 3.07 bits per heavy atom. The van der Waals surface area contributed by atoms with Crippen molar-refractivity contribution >= 4 is 6.29 Å². The van der Waals surface area contributed by atoms with Gasteiger partial charge in [0, 0.05) is 19.6 Å². The molecule has 14 heavy (non-hydrogen) atoms. The predicted octanol–water partition coefficient (Wildman–Crippen LogP) is 2.14. The maximum absolute atomic E-state index is 10.2. The molecule has 1 rings (SSSR count). The van der Waals surface area contributed by atoms with E-state index >= 15 is 0 Å². The summed E-state index contributed by atoms with van der Waals surface area (Å²) in [5, 5.41) is 0. The first kappa shape index (κ1) is 11.7. The molecular formula is C11H20O3. The lowest BCUT2D eigenvalue weighted by atomic mass is 10.1. The van der Waals surface area contributed by atoms with Crippen LogP contribution in [0.5, 0.6) is 0 Å². The Hall–Kier alpha value is -0.410. The van der Waals surface area contributed by atoms with Gasteiger partial charge in [-0.15, -0.1) is 0 Å². The van der Waals surface area contributed by atoms with Crippen LogP contribution >= 0.6 is 0 Å². The summed E-state index contributed by atoms with van der Waals surface area (Å²) >= 11 is 0. The Morgan fingerprint density at radius 1 is 1.57 bits per heavy atom. The molecule has 0 spiro atoms. The number of hydrogen-bond acceptors (Lipinski definition) is 3. The Labute approximate surface area is 85.8 Å². The lowest BCUT2D eigenvalue weighted by Crippen LogP contribution is -2.23. The summed E-state index contributed by atoms with van der Waals surface area (Å²) in [6.07, 6.45) is 5.93. The van der Waals surface area contributed by atoms with Gasteiger partial charge in [-0.1, -0.05) is 6.92 Å². The van der Waals surface area contributed by atoms with Gasteiger partial charge < -0.3 is 14.3 Å². The zero-order chi connectivity index (χ0) is 10.2. The SMILES string of the molecule is C[C@H](CC=O)CCOC1CCCCO1. The zero-order valence-electron chi connectivity index (χ0n) is 8.91. The maximum atomic E-state index is 10.2. The molecule has 1 saturated heterocycles. The maximum Gasteiger partial charge on any atom is 0.157 e. The van der Waals surface area contributed by atoms with Crippen LogP contribution in [0.25, 0.3) is 0 Å². The van der Waals surface area contributed by atoms with E-state index in [0.717, 1.165) is 32.2 Å². The van der Waals surface area contributed by atoms with Crippen LogP contribution in [0.4, 0.5) is 0 Å². The fraction of sp³-hybridized carbons (Fsp3) is 0.909. The largest absolute Gasteiger partial charge is 0.353 e. The average molecular weight is 200 g/mol. The van der Waals surface area contributed by atoms with Gasteiger partial charge >= 0.3 is 0 Å². The van der Waals surface area contributed by atoms with Gasteiger partial charge in [0.1, 0.15) is 6.29 Å². The second-order valence-corrected chi connectivity index (χ2v) is 3.96. The van der Waals surface area contributed by atoms with Gasteiger partial charge in [-0.25, -0.2) is 0 Å². The van der Waals surface area contributed by atoms with E-state index in [0.29, 0.717) is 18.9 Å². The first-order valence-corrected chi connectivity index (χ1v) is 5.49. The number of carbonyl (C=O) groups is 1. The van der Waals surface area contributed by atoms with E-state index in [1.165, 1.54) is 6.42 Å². The van der Waals surface area contributed by atoms with Crippen molar-refractivity contribution in [2.75, 3.05) is 13.2 Å². The highest BCUT2D eigenvalue weighted by Gasteiger charge is 2.13. The highest BCUT2D eigenvalue weighted by molar-refractivity contribution is 5.49. The monoisotopic (exact) mass is 200 g/mol. The number of ether oxygens (including phenoxy) is 2. The number of hydrogen-bond donors (Lipinski definition) is 0. The standard InChI is InChI=1S/C11H20O3/c1-10(5-7-12)6-9-14-11-4-2-3-8-13-11/h7,10-11H,2-6,8-9H2,1H3/t10-,11?/m1/s1. The molecule has 0 N–H and O–H groups in total. The van der Waals surface area contributed by atoms with Crippen molar-refractivity contribution < 1.29 is 14.3 Å². The lowest BCUT2D eigenvalue weighted by Gasteiger charge is -2.23. The van der Waals surface area contributed by atoms with Crippen LogP contribution in [-0.2, 0) is 14.3 Å². The molecule has 1 heterocycles. The molecule has 82 valence electrons. The molecule has 0 amide bonds. The molecule has 2 atom stereocenters. The van der Waals surface area contributed by atoms with Gasteiger partial charge in [-0.2, -0.15) is 0 Å². The number of aldehydes is 1. The summed E-state index contributed by atoms with van der Waals surface area (Å²) in [5.41, 5.74) is 0. The van der Waals surface area contributed by atoms with Crippen LogP contribution < -0.4 is 0 Å². The summed E-state index contributed by atoms with van der Waals surface area (Å²) in [6.45, 7) is 3.60. The molecule has 0 bridgehead atoms. The van der Waals surface area contributed by atoms with Crippen LogP contribution in [0.1, 0.15) is 39.0 Å². The minimum Gasteiger partial charge on any atom is -0.353 e. The average Bonchev–Trinajstić information content (AvgIpc) is 2.20. The Bertz CT molecular complexity index is 153. The van der Waals surface area contributed by atoms with E-state index in [9.17, 15) is 4.79 Å². The molecule has 0 aromatic heterocycles. The molecule has 0 aliphatic carbocycles. The van der Waals surface area contributed by atoms with Crippen molar-refractivity contribution in [3.8, 4) is 0 Å². The first-order chi connectivity index (χ1) is 6.83. The molecule has 0 aromatic carbocycles. The van der Waals surface area contributed by atoms with Gasteiger partial charge in [0.2, 0.25) is 0 Å². The van der Waals surface area contributed by atoms with Crippen molar-refractivity contribution in [3.05, 3.63) is 0 Å². The van der Waals surface area contributed by atoms with Crippen molar-refractivity contribution in [3.63, 3.8) is 0 Å². The summed E-state index contributed by atoms with van der Waals surface area (Å²) in [4.78, 5) is 10.2. The Kier molecular flexibility index (Phi) is 5.80. The van der Waals surface area contributed by atoms with Crippen molar-refractivity contribution in [2.24, 2.45) is 5.92 Å². The molecule has 0 saturated carbocycles. The van der Waals surface area contributed by atoms with Crippen LogP contribution in [0.3, 0.4) is 0 Å². The summed E-state index contributed by atoms with van der Waals surface area (Å²) in [7, 11) is 0. The molecule has 1 fully saturated rings. The fourth-order valence-corrected chi connectivity index (χ4v) is 1.53. The molecule has 3 nitrogen and oxygen atoms in total. The van der Waals surface area contributed by atoms with E-state index in [1.54, 1.807) is 0 Å². The molecule has 1 aliphatic heterocycles. The quantitative estimate of drug-likeness (QED) is 0.616. The molecule has 0 aromatic rings. The van der Waals surface area contributed by atoms with Crippen LogP contribution in [0.2, 0.25) is 0 Å². The second kappa shape index (κ2) is 6.96. The van der Waals surface area contributed by atoms with E-state index < -0.39 is 0 Å². The van der Waals surface area contributed by atoms with Crippen LogP contribution in [0.15, 0.2) is 0 Å². The Balaban J connectivity index is 1.99.